The van der Waals surface area contributed by atoms with Gasteiger partial charge in [0.05, 0.1) is 18.6 Å². The molecule has 4 unspecified atom stereocenters. The van der Waals surface area contributed by atoms with Gasteiger partial charge in [-0.3, -0.25) is 4.79 Å². The van der Waals surface area contributed by atoms with Crippen molar-refractivity contribution >= 4 is 23.8 Å². The lowest BCUT2D eigenvalue weighted by molar-refractivity contribution is -0.138. The molecular weight excluding hydrogens is 292 g/mol. The van der Waals surface area contributed by atoms with E-state index in [1.165, 1.54) is 0 Å². The summed E-state index contributed by atoms with van der Waals surface area (Å²) in [6.45, 7) is 1.95. The van der Waals surface area contributed by atoms with Gasteiger partial charge in [0.25, 0.3) is 0 Å². The van der Waals surface area contributed by atoms with Crippen LogP contribution in [0.5, 0.6) is 0 Å². The summed E-state index contributed by atoms with van der Waals surface area (Å²) in [4.78, 5) is 27.2. The van der Waals surface area contributed by atoms with Crippen LogP contribution in [0.4, 0.5) is 4.79 Å². The maximum absolute atomic E-state index is 12.7. The Hall–Kier alpha value is -0.950. The van der Waals surface area contributed by atoms with E-state index >= 15 is 0 Å². The number of carbonyl (C=O) groups is 2. The maximum Gasteiger partial charge on any atom is 0.320 e. The largest absolute Gasteiger partial charge is 0.481 e. The zero-order valence-electron chi connectivity index (χ0n) is 12.0. The second-order valence-corrected chi connectivity index (χ2v) is 7.43. The molecule has 2 N–H and O–H groups in total. The van der Waals surface area contributed by atoms with Crippen molar-refractivity contribution in [3.63, 3.8) is 0 Å². The van der Waals surface area contributed by atoms with Crippen LogP contribution in [0.1, 0.15) is 19.3 Å². The quantitative estimate of drug-likeness (QED) is 0.784. The van der Waals surface area contributed by atoms with Gasteiger partial charge in [-0.25, -0.2) is 4.79 Å². The third kappa shape index (κ3) is 2.99. The number of carbonyl (C=O) groups excluding carboxylic acids is 1. The molecule has 0 aromatic heterocycles. The minimum Gasteiger partial charge on any atom is -0.481 e. The van der Waals surface area contributed by atoms with Crippen molar-refractivity contribution in [2.45, 2.75) is 31.4 Å². The molecule has 6 nitrogen and oxygen atoms in total. The van der Waals surface area contributed by atoms with E-state index in [1.807, 2.05) is 4.90 Å². The number of rotatable bonds is 2. The molecule has 1 saturated carbocycles. The highest BCUT2D eigenvalue weighted by molar-refractivity contribution is 7.99. The first-order chi connectivity index (χ1) is 10.1. The highest BCUT2D eigenvalue weighted by Gasteiger charge is 2.45. The molecule has 2 saturated heterocycles. The summed E-state index contributed by atoms with van der Waals surface area (Å²) in [5.41, 5.74) is 0. The number of urea groups is 1. The summed E-state index contributed by atoms with van der Waals surface area (Å²) >= 11 is 1.71. The number of hydrogen-bond acceptors (Lipinski definition) is 4. The molecule has 7 heteroatoms. The fourth-order valence-corrected chi connectivity index (χ4v) is 4.91. The summed E-state index contributed by atoms with van der Waals surface area (Å²) in [6, 6.07) is -0.248. The number of nitrogens with zero attached hydrogens (tertiary/aromatic N) is 2. The van der Waals surface area contributed by atoms with Crippen molar-refractivity contribution in [1.82, 2.24) is 9.80 Å². The monoisotopic (exact) mass is 314 g/mol. The Morgan fingerprint density at radius 1 is 1.24 bits per heavy atom. The van der Waals surface area contributed by atoms with E-state index in [9.17, 15) is 14.7 Å². The number of aliphatic hydroxyl groups is 1. The van der Waals surface area contributed by atoms with Crippen molar-refractivity contribution in [2.75, 3.05) is 31.1 Å². The molecule has 4 atom stereocenters. The first-order valence-corrected chi connectivity index (χ1v) is 8.75. The van der Waals surface area contributed by atoms with Gasteiger partial charge < -0.3 is 20.0 Å². The van der Waals surface area contributed by atoms with Crippen molar-refractivity contribution in [1.29, 1.82) is 0 Å². The molecule has 0 aromatic carbocycles. The topological polar surface area (TPSA) is 81.1 Å². The van der Waals surface area contributed by atoms with Crippen LogP contribution >= 0.6 is 11.8 Å². The van der Waals surface area contributed by atoms with Crippen molar-refractivity contribution < 1.29 is 19.8 Å². The molecule has 2 heterocycles. The molecule has 0 spiro atoms. The molecular formula is C14H22N2O4S. The number of amides is 2. The lowest BCUT2D eigenvalue weighted by atomic mass is 10.00. The molecule has 21 heavy (non-hydrogen) atoms. The Kier molecular flexibility index (Phi) is 4.31. The van der Waals surface area contributed by atoms with Crippen LogP contribution in [0, 0.1) is 11.8 Å². The van der Waals surface area contributed by atoms with E-state index in [1.54, 1.807) is 16.7 Å². The average Bonchev–Trinajstić information content (AvgIpc) is 3.01. The molecule has 1 aliphatic carbocycles. The summed E-state index contributed by atoms with van der Waals surface area (Å²) < 4.78 is 0. The van der Waals surface area contributed by atoms with Crippen LogP contribution in [0.25, 0.3) is 0 Å². The molecule has 3 aliphatic rings. The number of aliphatic hydroxyl groups excluding tert-OH is 1. The smallest absolute Gasteiger partial charge is 0.320 e. The fraction of sp³-hybridized carbons (Fsp3) is 0.857. The van der Waals surface area contributed by atoms with Gasteiger partial charge in [0, 0.05) is 37.1 Å². The van der Waals surface area contributed by atoms with Gasteiger partial charge in [-0.05, 0) is 18.8 Å². The number of aliphatic carboxylic acids is 1. The van der Waals surface area contributed by atoms with Crippen LogP contribution < -0.4 is 0 Å². The number of hydrogen-bond donors (Lipinski definition) is 2. The van der Waals surface area contributed by atoms with Crippen molar-refractivity contribution in [2.24, 2.45) is 11.8 Å². The van der Waals surface area contributed by atoms with E-state index in [-0.39, 0.29) is 30.5 Å². The Bertz CT molecular complexity index is 433. The zero-order valence-corrected chi connectivity index (χ0v) is 12.8. The van der Waals surface area contributed by atoms with E-state index in [4.69, 9.17) is 5.11 Å². The van der Waals surface area contributed by atoms with Gasteiger partial charge >= 0.3 is 12.0 Å². The lowest BCUT2D eigenvalue weighted by Crippen LogP contribution is -2.52. The van der Waals surface area contributed by atoms with E-state index < -0.39 is 5.97 Å². The van der Waals surface area contributed by atoms with Gasteiger partial charge in [0.2, 0.25) is 0 Å². The minimum atomic E-state index is -0.853. The SMILES string of the molecule is O=C(O)CC1CSCCN1C(=O)N1CC2CCC(O)C2C1. The minimum absolute atomic E-state index is 0.0159. The highest BCUT2D eigenvalue weighted by Crippen LogP contribution is 2.38. The van der Waals surface area contributed by atoms with Crippen molar-refractivity contribution in [3.05, 3.63) is 0 Å². The highest BCUT2D eigenvalue weighted by atomic mass is 32.2. The molecule has 3 fully saturated rings. The molecule has 0 aromatic rings. The van der Waals surface area contributed by atoms with Gasteiger partial charge in [-0.2, -0.15) is 11.8 Å². The number of likely N-dealkylation sites (tertiary alicyclic amines) is 1. The van der Waals surface area contributed by atoms with E-state index in [0.29, 0.717) is 31.3 Å². The second kappa shape index (κ2) is 6.04. The normalized spacial score (nSPS) is 35.9. The average molecular weight is 314 g/mol. The number of carboxylic acids is 1. The molecule has 3 rings (SSSR count). The third-order valence-electron chi connectivity index (χ3n) is 4.97. The van der Waals surface area contributed by atoms with Gasteiger partial charge in [-0.1, -0.05) is 0 Å². The van der Waals surface area contributed by atoms with Gasteiger partial charge in [0.15, 0.2) is 0 Å². The van der Waals surface area contributed by atoms with Crippen LogP contribution in [0.2, 0.25) is 0 Å². The Morgan fingerprint density at radius 3 is 2.76 bits per heavy atom. The number of carboxylic acid groups (broad SMARTS) is 1. The Morgan fingerprint density at radius 2 is 2.05 bits per heavy atom. The Balaban J connectivity index is 1.65. The Labute approximate surface area is 128 Å². The number of fused-ring (bicyclic) bond motifs is 1. The fourth-order valence-electron chi connectivity index (χ4n) is 3.85. The van der Waals surface area contributed by atoms with Gasteiger partial charge in [0.1, 0.15) is 0 Å². The summed E-state index contributed by atoms with van der Waals surface area (Å²) in [5, 5.41) is 19.0. The van der Waals surface area contributed by atoms with Gasteiger partial charge in [-0.15, -0.1) is 0 Å². The first-order valence-electron chi connectivity index (χ1n) is 7.59. The maximum atomic E-state index is 12.7. The zero-order chi connectivity index (χ0) is 15.0. The molecule has 0 bridgehead atoms. The summed E-state index contributed by atoms with van der Waals surface area (Å²) in [5.74, 6) is 1.34. The molecule has 2 amide bonds. The van der Waals surface area contributed by atoms with E-state index in [0.717, 1.165) is 18.6 Å². The predicted molar refractivity (Wildman–Crippen MR) is 79.3 cm³/mol. The van der Waals surface area contributed by atoms with Crippen LogP contribution in [-0.4, -0.2) is 75.3 Å². The molecule has 118 valence electrons. The van der Waals surface area contributed by atoms with Crippen LogP contribution in [-0.2, 0) is 4.79 Å². The third-order valence-corrected chi connectivity index (χ3v) is 6.06. The first kappa shape index (κ1) is 15.0. The lowest BCUT2D eigenvalue weighted by Gasteiger charge is -2.37. The van der Waals surface area contributed by atoms with Crippen molar-refractivity contribution in [3.8, 4) is 0 Å². The van der Waals surface area contributed by atoms with Crippen LogP contribution in [0.3, 0.4) is 0 Å². The second-order valence-electron chi connectivity index (χ2n) is 6.28. The van der Waals surface area contributed by atoms with Crippen LogP contribution in [0.15, 0.2) is 0 Å². The summed E-state index contributed by atoms with van der Waals surface area (Å²) in [6.07, 6.45) is 1.57. The predicted octanol–water partition coefficient (Wildman–Crippen LogP) is 0.701. The summed E-state index contributed by atoms with van der Waals surface area (Å²) in [7, 11) is 0. The standard InChI is InChI=1S/C14H22N2O4S/c17-12-2-1-9-6-15(7-11(9)12)14(20)16-3-4-21-8-10(16)5-13(18)19/h9-12,17H,1-8H2,(H,18,19). The van der Waals surface area contributed by atoms with E-state index in [2.05, 4.69) is 0 Å². The molecule has 2 aliphatic heterocycles. The molecule has 0 radical (unpaired) electrons. The number of thioether (sulfide) groups is 1.